The Morgan fingerprint density at radius 3 is 2.80 bits per heavy atom. The van der Waals surface area contributed by atoms with E-state index in [4.69, 9.17) is 27.6 Å². The molecule has 0 unspecified atom stereocenters. The fraction of sp³-hybridized carbons (Fsp3) is 0.0625. The normalized spacial score (nSPS) is 11.7. The Hall–Kier alpha value is -2.22. The topological polar surface area (TPSA) is 92.0 Å². The Labute approximate surface area is 156 Å². The zero-order chi connectivity index (χ0) is 18.0. The van der Waals surface area contributed by atoms with Gasteiger partial charge in [-0.3, -0.25) is 5.10 Å². The Kier molecular flexibility index (Phi) is 5.17. The van der Waals surface area contributed by atoms with Crippen LogP contribution < -0.4 is 0 Å². The molecule has 0 saturated heterocycles. The number of aromatic nitrogens is 3. The summed E-state index contributed by atoms with van der Waals surface area (Å²) in [5.74, 6) is 0.347. The number of carboxylic acids is 1. The van der Waals surface area contributed by atoms with Crippen LogP contribution in [0.2, 0.25) is 10.0 Å². The lowest BCUT2D eigenvalue weighted by Gasteiger charge is -2.01. The minimum absolute atomic E-state index is 0.0251. The molecule has 0 spiro atoms. The highest BCUT2D eigenvalue weighted by Crippen LogP contribution is 2.33. The van der Waals surface area contributed by atoms with E-state index in [0.29, 0.717) is 38.1 Å². The number of nitrogens with zero attached hydrogens (tertiary/aromatic N) is 2. The maximum absolute atomic E-state index is 11.5. The van der Waals surface area contributed by atoms with E-state index in [0.717, 1.165) is 11.8 Å². The zero-order valence-electron chi connectivity index (χ0n) is 12.8. The molecular formula is C16H11Cl2N3O3S. The van der Waals surface area contributed by atoms with Gasteiger partial charge in [-0.15, -0.1) is 5.10 Å². The van der Waals surface area contributed by atoms with Crippen LogP contribution >= 0.6 is 35.0 Å². The van der Waals surface area contributed by atoms with E-state index in [1.165, 1.54) is 6.08 Å². The smallest absolute Gasteiger partial charge is 0.342 e. The van der Waals surface area contributed by atoms with Crippen LogP contribution in [0.25, 0.3) is 17.4 Å². The second kappa shape index (κ2) is 7.35. The molecule has 1 aromatic carbocycles. The molecule has 2 aromatic heterocycles. The third-order valence-electron chi connectivity index (χ3n) is 3.08. The summed E-state index contributed by atoms with van der Waals surface area (Å²) in [6.45, 7) is 1.73. The van der Waals surface area contributed by atoms with Crippen molar-refractivity contribution in [1.29, 1.82) is 0 Å². The van der Waals surface area contributed by atoms with Crippen LogP contribution in [0, 0.1) is 6.92 Å². The SMILES string of the molecule is Cc1nc(SC(=Cc2ccc(-c3cc(Cl)ccc3Cl)o2)C(=O)O)n[nH]1. The minimum atomic E-state index is -1.11. The van der Waals surface area contributed by atoms with Gasteiger partial charge < -0.3 is 9.52 Å². The van der Waals surface area contributed by atoms with E-state index in [-0.39, 0.29) is 4.91 Å². The number of hydrogen-bond donors (Lipinski definition) is 2. The lowest BCUT2D eigenvalue weighted by molar-refractivity contribution is -0.131. The fourth-order valence-electron chi connectivity index (χ4n) is 1.99. The van der Waals surface area contributed by atoms with Crippen molar-refractivity contribution < 1.29 is 14.3 Å². The number of hydrogen-bond acceptors (Lipinski definition) is 5. The number of furan rings is 1. The molecule has 9 heteroatoms. The van der Waals surface area contributed by atoms with Crippen LogP contribution in [0.15, 0.2) is 44.8 Å². The number of thioether (sulfide) groups is 1. The van der Waals surface area contributed by atoms with Crippen molar-refractivity contribution in [3.8, 4) is 11.3 Å². The van der Waals surface area contributed by atoms with Gasteiger partial charge >= 0.3 is 5.97 Å². The molecule has 25 heavy (non-hydrogen) atoms. The number of nitrogens with one attached hydrogen (secondary N) is 1. The second-order valence-corrected chi connectivity index (χ2v) is 6.80. The first-order valence-electron chi connectivity index (χ1n) is 6.99. The van der Waals surface area contributed by atoms with Gasteiger partial charge in [0.25, 0.3) is 0 Å². The molecule has 0 atom stereocenters. The Balaban J connectivity index is 1.90. The predicted molar refractivity (Wildman–Crippen MR) is 96.8 cm³/mol. The highest BCUT2D eigenvalue weighted by atomic mass is 35.5. The predicted octanol–water partition coefficient (Wildman–Crippen LogP) is 4.90. The molecule has 3 aromatic rings. The summed E-state index contributed by atoms with van der Waals surface area (Å²) in [5, 5.41) is 17.3. The Bertz CT molecular complexity index is 965. The number of aryl methyl sites for hydroxylation is 1. The van der Waals surface area contributed by atoms with E-state index < -0.39 is 5.97 Å². The highest BCUT2D eigenvalue weighted by molar-refractivity contribution is 8.04. The number of aliphatic carboxylic acids is 1. The third-order valence-corrected chi connectivity index (χ3v) is 4.52. The van der Waals surface area contributed by atoms with E-state index in [2.05, 4.69) is 15.2 Å². The summed E-state index contributed by atoms with van der Waals surface area (Å²) in [4.78, 5) is 15.6. The summed E-state index contributed by atoms with van der Waals surface area (Å²) in [6.07, 6.45) is 1.40. The molecule has 0 bridgehead atoms. The first-order chi connectivity index (χ1) is 11.9. The molecule has 0 aliphatic heterocycles. The van der Waals surface area contributed by atoms with Gasteiger partial charge in [-0.25, -0.2) is 9.78 Å². The average molecular weight is 396 g/mol. The summed E-state index contributed by atoms with van der Waals surface area (Å²) >= 11 is 13.1. The summed E-state index contributed by atoms with van der Waals surface area (Å²) in [5.41, 5.74) is 0.628. The van der Waals surface area contributed by atoms with Crippen molar-refractivity contribution >= 4 is 47.0 Å². The summed E-state index contributed by atoms with van der Waals surface area (Å²) in [6, 6.07) is 8.37. The van der Waals surface area contributed by atoms with Crippen molar-refractivity contribution in [1.82, 2.24) is 15.2 Å². The number of H-pyrrole nitrogens is 1. The van der Waals surface area contributed by atoms with Crippen LogP contribution in [0.5, 0.6) is 0 Å². The summed E-state index contributed by atoms with van der Waals surface area (Å²) < 4.78 is 5.68. The maximum Gasteiger partial charge on any atom is 0.342 e. The van der Waals surface area contributed by atoms with Gasteiger partial charge in [0, 0.05) is 16.7 Å². The molecule has 2 heterocycles. The molecule has 0 aliphatic rings. The standard InChI is InChI=1S/C16H11Cl2N3O3S/c1-8-19-16(21-20-8)25-14(15(22)23)7-10-3-5-13(24-10)11-6-9(17)2-4-12(11)18/h2-7H,1H3,(H,22,23)(H,19,20,21). The van der Waals surface area contributed by atoms with Crippen molar-refractivity contribution in [3.05, 3.63) is 56.9 Å². The lowest BCUT2D eigenvalue weighted by atomic mass is 10.2. The number of rotatable bonds is 5. The molecule has 0 aliphatic carbocycles. The maximum atomic E-state index is 11.5. The zero-order valence-corrected chi connectivity index (χ0v) is 15.1. The van der Waals surface area contributed by atoms with Crippen LogP contribution in [0.1, 0.15) is 11.6 Å². The van der Waals surface area contributed by atoms with Crippen LogP contribution in [0.3, 0.4) is 0 Å². The molecule has 6 nitrogen and oxygen atoms in total. The van der Waals surface area contributed by atoms with Crippen LogP contribution in [-0.2, 0) is 4.79 Å². The average Bonchev–Trinajstić information content (AvgIpc) is 3.18. The Morgan fingerprint density at radius 2 is 2.12 bits per heavy atom. The largest absolute Gasteiger partial charge is 0.477 e. The molecule has 3 rings (SSSR count). The van der Waals surface area contributed by atoms with Gasteiger partial charge in [0.05, 0.1) is 5.02 Å². The molecule has 0 radical (unpaired) electrons. The van der Waals surface area contributed by atoms with Gasteiger partial charge in [0.1, 0.15) is 22.3 Å². The van der Waals surface area contributed by atoms with E-state index in [9.17, 15) is 9.90 Å². The molecule has 2 N–H and O–H groups in total. The van der Waals surface area contributed by atoms with Gasteiger partial charge in [0.15, 0.2) is 0 Å². The number of aromatic amines is 1. The highest BCUT2D eigenvalue weighted by Gasteiger charge is 2.15. The van der Waals surface area contributed by atoms with Crippen molar-refractivity contribution in [2.75, 3.05) is 0 Å². The van der Waals surface area contributed by atoms with Crippen molar-refractivity contribution in [2.24, 2.45) is 0 Å². The van der Waals surface area contributed by atoms with Gasteiger partial charge in [-0.05, 0) is 49.0 Å². The first-order valence-corrected chi connectivity index (χ1v) is 8.57. The molecule has 0 amide bonds. The number of carbonyl (C=O) groups is 1. The number of benzene rings is 1. The van der Waals surface area contributed by atoms with Crippen molar-refractivity contribution in [2.45, 2.75) is 12.1 Å². The second-order valence-electron chi connectivity index (χ2n) is 4.95. The number of halogens is 2. The number of carboxylic acid groups (broad SMARTS) is 1. The quantitative estimate of drug-likeness (QED) is 0.471. The third kappa shape index (κ3) is 4.25. The van der Waals surface area contributed by atoms with Gasteiger partial charge in [-0.2, -0.15) is 0 Å². The van der Waals surface area contributed by atoms with Gasteiger partial charge in [0.2, 0.25) is 5.16 Å². The van der Waals surface area contributed by atoms with E-state index >= 15 is 0 Å². The monoisotopic (exact) mass is 395 g/mol. The molecule has 128 valence electrons. The van der Waals surface area contributed by atoms with Crippen molar-refractivity contribution in [3.63, 3.8) is 0 Å². The molecular weight excluding hydrogens is 385 g/mol. The Morgan fingerprint density at radius 1 is 1.32 bits per heavy atom. The van der Waals surface area contributed by atoms with Crippen LogP contribution in [0.4, 0.5) is 0 Å². The van der Waals surface area contributed by atoms with E-state index in [1.807, 2.05) is 0 Å². The van der Waals surface area contributed by atoms with Crippen LogP contribution in [-0.4, -0.2) is 26.3 Å². The summed E-state index contributed by atoms with van der Waals surface area (Å²) in [7, 11) is 0. The molecule has 0 saturated carbocycles. The minimum Gasteiger partial charge on any atom is -0.477 e. The van der Waals surface area contributed by atoms with Gasteiger partial charge in [-0.1, -0.05) is 23.2 Å². The fourth-order valence-corrected chi connectivity index (χ4v) is 3.11. The lowest BCUT2D eigenvalue weighted by Crippen LogP contribution is -1.97. The molecule has 0 fully saturated rings. The van der Waals surface area contributed by atoms with E-state index in [1.54, 1.807) is 37.3 Å². The first kappa shape index (κ1) is 17.6.